The average molecular weight is 382 g/mol. The zero-order valence-corrected chi connectivity index (χ0v) is 16.0. The zero-order chi connectivity index (χ0) is 18.8. The summed E-state index contributed by atoms with van der Waals surface area (Å²) in [6.07, 6.45) is 5.48. The van der Waals surface area contributed by atoms with Crippen LogP contribution >= 0.6 is 0 Å². The van der Waals surface area contributed by atoms with Crippen molar-refractivity contribution in [2.75, 3.05) is 67.2 Å². The van der Waals surface area contributed by atoms with E-state index in [1.165, 1.54) is 0 Å². The molecule has 8 heteroatoms. The lowest BCUT2D eigenvalue weighted by Crippen LogP contribution is -2.48. The molecule has 0 aliphatic carbocycles. The predicted molar refractivity (Wildman–Crippen MR) is 107 cm³/mol. The van der Waals surface area contributed by atoms with E-state index in [0.717, 1.165) is 69.7 Å². The van der Waals surface area contributed by atoms with Gasteiger partial charge in [-0.1, -0.05) is 6.07 Å². The van der Waals surface area contributed by atoms with Gasteiger partial charge in [-0.25, -0.2) is 9.97 Å². The molecule has 3 saturated heterocycles. The number of anilines is 3. The van der Waals surface area contributed by atoms with Crippen LogP contribution in [-0.4, -0.2) is 73.2 Å². The minimum atomic E-state index is -0.353. The van der Waals surface area contributed by atoms with Crippen molar-refractivity contribution in [2.24, 2.45) is 0 Å². The molecule has 0 atom stereocenters. The molecule has 0 bridgehead atoms. The van der Waals surface area contributed by atoms with Crippen molar-refractivity contribution in [3.63, 3.8) is 0 Å². The Labute approximate surface area is 165 Å². The van der Waals surface area contributed by atoms with Gasteiger partial charge in [-0.15, -0.1) is 0 Å². The lowest BCUT2D eigenvalue weighted by atomic mass is 10.0. The van der Waals surface area contributed by atoms with Crippen molar-refractivity contribution in [2.45, 2.75) is 18.6 Å². The van der Waals surface area contributed by atoms with Crippen LogP contribution in [0.4, 0.5) is 17.6 Å². The van der Waals surface area contributed by atoms with E-state index in [0.29, 0.717) is 13.2 Å². The number of hydrogen-bond acceptors (Lipinski definition) is 8. The van der Waals surface area contributed by atoms with Crippen molar-refractivity contribution < 1.29 is 9.47 Å². The Kier molecular flexibility index (Phi) is 4.74. The summed E-state index contributed by atoms with van der Waals surface area (Å²) in [5.74, 6) is 2.49. The Balaban J connectivity index is 1.22. The van der Waals surface area contributed by atoms with Crippen molar-refractivity contribution in [1.29, 1.82) is 0 Å². The Morgan fingerprint density at radius 1 is 0.714 bits per heavy atom. The van der Waals surface area contributed by atoms with Crippen molar-refractivity contribution in [3.8, 4) is 0 Å². The summed E-state index contributed by atoms with van der Waals surface area (Å²) in [7, 11) is 0. The molecular formula is C20H26N6O2. The van der Waals surface area contributed by atoms with Gasteiger partial charge in [0, 0.05) is 64.5 Å². The van der Waals surface area contributed by atoms with Crippen molar-refractivity contribution in [3.05, 3.63) is 36.7 Å². The van der Waals surface area contributed by atoms with Gasteiger partial charge in [0.15, 0.2) is 5.79 Å². The van der Waals surface area contributed by atoms with Crippen LogP contribution in [0.15, 0.2) is 36.7 Å². The molecule has 5 rings (SSSR count). The first-order chi connectivity index (χ1) is 13.8. The van der Waals surface area contributed by atoms with Crippen LogP contribution in [0.25, 0.3) is 0 Å². The third kappa shape index (κ3) is 3.49. The quantitative estimate of drug-likeness (QED) is 0.792. The van der Waals surface area contributed by atoms with Gasteiger partial charge in [0.25, 0.3) is 0 Å². The number of rotatable bonds is 3. The molecule has 3 fully saturated rings. The molecule has 0 radical (unpaired) electrons. The molecule has 0 amide bonds. The maximum absolute atomic E-state index is 5.83. The highest BCUT2D eigenvalue weighted by Gasteiger charge is 2.40. The van der Waals surface area contributed by atoms with E-state index in [1.54, 1.807) is 0 Å². The zero-order valence-electron chi connectivity index (χ0n) is 16.0. The molecule has 0 N–H and O–H groups in total. The topological polar surface area (TPSA) is 66.8 Å². The van der Waals surface area contributed by atoms with Crippen LogP contribution in [0.1, 0.15) is 12.8 Å². The van der Waals surface area contributed by atoms with Crippen molar-refractivity contribution in [1.82, 2.24) is 15.0 Å². The smallest absolute Gasteiger partial charge is 0.227 e. The highest BCUT2D eigenvalue weighted by atomic mass is 16.7. The van der Waals surface area contributed by atoms with Gasteiger partial charge in [0.2, 0.25) is 5.95 Å². The Bertz CT molecular complexity index is 780. The number of ether oxygens (including phenoxy) is 2. The van der Waals surface area contributed by atoms with Gasteiger partial charge in [-0.05, 0) is 18.2 Å². The van der Waals surface area contributed by atoms with Gasteiger partial charge in [-0.3, -0.25) is 0 Å². The molecule has 148 valence electrons. The molecule has 3 aliphatic heterocycles. The predicted octanol–water partition coefficient (Wildman–Crippen LogP) is 1.54. The lowest BCUT2D eigenvalue weighted by molar-refractivity contribution is -0.169. The van der Waals surface area contributed by atoms with E-state index in [9.17, 15) is 0 Å². The molecule has 0 aromatic carbocycles. The number of piperazine rings is 1. The van der Waals surface area contributed by atoms with Crippen molar-refractivity contribution >= 4 is 17.6 Å². The summed E-state index contributed by atoms with van der Waals surface area (Å²) < 4.78 is 11.7. The minimum absolute atomic E-state index is 0.353. The summed E-state index contributed by atoms with van der Waals surface area (Å²) in [6, 6.07) is 8.05. The third-order valence-corrected chi connectivity index (χ3v) is 5.83. The van der Waals surface area contributed by atoms with Crippen LogP contribution in [0, 0.1) is 0 Å². The highest BCUT2D eigenvalue weighted by molar-refractivity contribution is 5.46. The maximum Gasteiger partial charge on any atom is 0.227 e. The van der Waals surface area contributed by atoms with Crippen LogP contribution in [0.3, 0.4) is 0 Å². The summed E-state index contributed by atoms with van der Waals surface area (Å²) in [6.45, 7) is 6.84. The number of piperidine rings is 1. The highest BCUT2D eigenvalue weighted by Crippen LogP contribution is 2.33. The van der Waals surface area contributed by atoms with E-state index in [1.807, 2.05) is 30.6 Å². The molecule has 28 heavy (non-hydrogen) atoms. The monoisotopic (exact) mass is 382 g/mol. The van der Waals surface area contributed by atoms with Gasteiger partial charge in [-0.2, -0.15) is 4.98 Å². The van der Waals surface area contributed by atoms with Gasteiger partial charge >= 0.3 is 0 Å². The standard InChI is InChI=1S/C20H26N6O2/c1-2-7-21-17(3-1)25-11-13-26(14-12-25)19-22-8-4-18(23-19)24-9-5-20(6-10-24)27-15-16-28-20/h1-4,7-8H,5-6,9-16H2. The maximum atomic E-state index is 5.83. The summed E-state index contributed by atoms with van der Waals surface area (Å²) in [5.41, 5.74) is 0. The first-order valence-electron chi connectivity index (χ1n) is 10.1. The normalized spacial score (nSPS) is 22.1. The first-order valence-corrected chi connectivity index (χ1v) is 10.1. The van der Waals surface area contributed by atoms with Crippen LogP contribution in [0.2, 0.25) is 0 Å². The van der Waals surface area contributed by atoms with Crippen LogP contribution in [-0.2, 0) is 9.47 Å². The molecule has 2 aromatic rings. The fourth-order valence-corrected chi connectivity index (χ4v) is 4.21. The van der Waals surface area contributed by atoms with Crippen LogP contribution < -0.4 is 14.7 Å². The first kappa shape index (κ1) is 17.6. The fourth-order valence-electron chi connectivity index (χ4n) is 4.21. The summed E-state index contributed by atoms with van der Waals surface area (Å²) in [5, 5.41) is 0. The number of hydrogen-bond donors (Lipinski definition) is 0. The number of nitrogens with zero attached hydrogens (tertiary/aromatic N) is 6. The molecule has 0 saturated carbocycles. The molecule has 3 aliphatic rings. The Hall–Kier alpha value is -2.45. The molecule has 0 unspecified atom stereocenters. The van der Waals surface area contributed by atoms with Gasteiger partial charge in [0.05, 0.1) is 13.2 Å². The van der Waals surface area contributed by atoms with Crippen LogP contribution in [0.5, 0.6) is 0 Å². The Morgan fingerprint density at radius 2 is 1.43 bits per heavy atom. The second-order valence-electron chi connectivity index (χ2n) is 7.47. The second-order valence-corrected chi connectivity index (χ2v) is 7.47. The third-order valence-electron chi connectivity index (χ3n) is 5.83. The second kappa shape index (κ2) is 7.52. The molecule has 8 nitrogen and oxygen atoms in total. The lowest BCUT2D eigenvalue weighted by Gasteiger charge is -2.38. The summed E-state index contributed by atoms with van der Waals surface area (Å²) >= 11 is 0. The van der Waals surface area contributed by atoms with E-state index >= 15 is 0 Å². The van der Waals surface area contributed by atoms with E-state index in [-0.39, 0.29) is 5.79 Å². The van der Waals surface area contributed by atoms with E-state index in [2.05, 4.69) is 30.7 Å². The van der Waals surface area contributed by atoms with Gasteiger partial charge < -0.3 is 24.2 Å². The summed E-state index contributed by atoms with van der Waals surface area (Å²) in [4.78, 5) is 20.7. The molecule has 2 aromatic heterocycles. The molecule has 5 heterocycles. The minimum Gasteiger partial charge on any atom is -0.356 e. The number of aromatic nitrogens is 3. The number of pyridine rings is 1. The SMILES string of the molecule is c1ccc(N2CCN(c3nccc(N4CCC5(CC4)OCCO5)n3)CC2)nc1. The fraction of sp³-hybridized carbons (Fsp3) is 0.550. The van der Waals surface area contributed by atoms with E-state index in [4.69, 9.17) is 14.5 Å². The Morgan fingerprint density at radius 3 is 2.14 bits per heavy atom. The molecule has 1 spiro atoms. The molecular weight excluding hydrogens is 356 g/mol. The van der Waals surface area contributed by atoms with E-state index < -0.39 is 0 Å². The average Bonchev–Trinajstić information content (AvgIpc) is 3.23. The van der Waals surface area contributed by atoms with Gasteiger partial charge in [0.1, 0.15) is 11.6 Å². The largest absolute Gasteiger partial charge is 0.356 e.